The van der Waals surface area contributed by atoms with Gasteiger partial charge in [0, 0.05) is 32.7 Å². The molecule has 1 spiro atoms. The van der Waals surface area contributed by atoms with Gasteiger partial charge in [0.25, 0.3) is 0 Å². The Labute approximate surface area is 124 Å². The molecule has 0 saturated carbocycles. The second-order valence-corrected chi connectivity index (χ2v) is 6.93. The highest BCUT2D eigenvalue weighted by molar-refractivity contribution is 7.07. The maximum absolute atomic E-state index is 12.7. The lowest BCUT2D eigenvalue weighted by atomic mass is 9.78. The van der Waals surface area contributed by atoms with Crippen LogP contribution in [0, 0.1) is 11.3 Å². The van der Waals surface area contributed by atoms with Gasteiger partial charge in [-0.3, -0.25) is 9.69 Å². The second-order valence-electron chi connectivity index (χ2n) is 6.15. The van der Waals surface area contributed by atoms with E-state index in [1.165, 1.54) is 5.56 Å². The molecule has 0 aliphatic carbocycles. The van der Waals surface area contributed by atoms with Crippen molar-refractivity contribution in [3.63, 3.8) is 0 Å². The summed E-state index contributed by atoms with van der Waals surface area (Å²) >= 11 is 1.74. The van der Waals surface area contributed by atoms with Crippen LogP contribution in [0.2, 0.25) is 0 Å². The summed E-state index contributed by atoms with van der Waals surface area (Å²) in [7, 11) is 0. The molecule has 2 atom stereocenters. The van der Waals surface area contributed by atoms with E-state index in [1.807, 2.05) is 11.0 Å². The van der Waals surface area contributed by atoms with Crippen molar-refractivity contribution in [3.8, 4) is 0 Å². The first-order valence-electron chi connectivity index (χ1n) is 7.29. The molecule has 0 bridgehead atoms. The van der Waals surface area contributed by atoms with Crippen molar-refractivity contribution >= 4 is 17.2 Å². The van der Waals surface area contributed by atoms with Crippen molar-refractivity contribution in [2.45, 2.75) is 19.9 Å². The molecular weight excluding hydrogens is 268 g/mol. The highest BCUT2D eigenvalue weighted by atomic mass is 32.1. The van der Waals surface area contributed by atoms with E-state index >= 15 is 0 Å². The van der Waals surface area contributed by atoms with E-state index in [4.69, 9.17) is 0 Å². The Balaban J connectivity index is 1.72. The Kier molecular flexibility index (Phi) is 3.69. The van der Waals surface area contributed by atoms with Crippen LogP contribution in [0.3, 0.4) is 0 Å². The summed E-state index contributed by atoms with van der Waals surface area (Å²) in [6, 6.07) is 2.18. The molecule has 3 heterocycles. The van der Waals surface area contributed by atoms with E-state index in [9.17, 15) is 4.79 Å². The molecule has 0 radical (unpaired) electrons. The fourth-order valence-electron chi connectivity index (χ4n) is 3.73. The smallest absolute Gasteiger partial charge is 0.230 e. The van der Waals surface area contributed by atoms with Crippen LogP contribution in [0.4, 0.5) is 0 Å². The standard InChI is InChI=1S/C16H22N2OS/c1-3-6-18-7-5-16(15(18)19)12-17(9-13(16)2)10-14-4-8-20-11-14/h3-4,8,11,13H,1,5-7,9-10,12H2,2H3/t13-,16-/m1/s1. The summed E-state index contributed by atoms with van der Waals surface area (Å²) < 4.78 is 0. The molecule has 0 unspecified atom stereocenters. The summed E-state index contributed by atoms with van der Waals surface area (Å²) in [4.78, 5) is 17.1. The number of thiophene rings is 1. The third kappa shape index (κ3) is 2.21. The van der Waals surface area contributed by atoms with Crippen molar-refractivity contribution in [2.24, 2.45) is 11.3 Å². The van der Waals surface area contributed by atoms with Gasteiger partial charge in [0.1, 0.15) is 0 Å². The summed E-state index contributed by atoms with van der Waals surface area (Å²) in [5, 5.41) is 4.33. The average Bonchev–Trinajstić information content (AvgIpc) is 3.09. The van der Waals surface area contributed by atoms with Gasteiger partial charge in [0.15, 0.2) is 0 Å². The maximum atomic E-state index is 12.7. The predicted octanol–water partition coefficient (Wildman–Crippen LogP) is 2.60. The molecule has 2 aliphatic rings. The quantitative estimate of drug-likeness (QED) is 0.796. The van der Waals surface area contributed by atoms with Crippen molar-refractivity contribution < 1.29 is 4.79 Å². The van der Waals surface area contributed by atoms with Crippen molar-refractivity contribution in [3.05, 3.63) is 35.0 Å². The first kappa shape index (κ1) is 13.8. The van der Waals surface area contributed by atoms with E-state index in [0.29, 0.717) is 18.4 Å². The molecule has 0 aromatic carbocycles. The van der Waals surface area contributed by atoms with Gasteiger partial charge >= 0.3 is 0 Å². The van der Waals surface area contributed by atoms with Crippen LogP contribution in [0.25, 0.3) is 0 Å². The van der Waals surface area contributed by atoms with Gasteiger partial charge in [-0.05, 0) is 34.7 Å². The summed E-state index contributed by atoms with van der Waals surface area (Å²) in [5.74, 6) is 0.793. The van der Waals surface area contributed by atoms with Gasteiger partial charge in [-0.25, -0.2) is 0 Å². The highest BCUT2D eigenvalue weighted by Gasteiger charge is 2.54. The number of likely N-dealkylation sites (tertiary alicyclic amines) is 2. The van der Waals surface area contributed by atoms with Gasteiger partial charge in [0.2, 0.25) is 5.91 Å². The molecule has 1 aromatic rings. The summed E-state index contributed by atoms with van der Waals surface area (Å²) in [5.41, 5.74) is 1.23. The Morgan fingerprint density at radius 3 is 3.15 bits per heavy atom. The normalized spacial score (nSPS) is 30.6. The lowest BCUT2D eigenvalue weighted by Gasteiger charge is -2.26. The van der Waals surface area contributed by atoms with Crippen molar-refractivity contribution in [1.29, 1.82) is 0 Å². The minimum Gasteiger partial charge on any atom is -0.338 e. The molecule has 2 aliphatic heterocycles. The number of carbonyl (C=O) groups is 1. The molecular formula is C16H22N2OS. The molecule has 1 aromatic heterocycles. The second kappa shape index (κ2) is 5.34. The Morgan fingerprint density at radius 1 is 1.60 bits per heavy atom. The number of rotatable bonds is 4. The fraction of sp³-hybridized carbons (Fsp3) is 0.562. The van der Waals surface area contributed by atoms with E-state index in [-0.39, 0.29) is 5.41 Å². The van der Waals surface area contributed by atoms with E-state index in [2.05, 4.69) is 35.2 Å². The van der Waals surface area contributed by atoms with Crippen LogP contribution in [-0.2, 0) is 11.3 Å². The molecule has 4 heteroatoms. The molecule has 1 amide bonds. The first-order chi connectivity index (χ1) is 9.65. The lowest BCUT2D eigenvalue weighted by molar-refractivity contribution is -0.136. The number of amides is 1. The Bertz CT molecular complexity index is 499. The monoisotopic (exact) mass is 290 g/mol. The maximum Gasteiger partial charge on any atom is 0.230 e. The van der Waals surface area contributed by atoms with Crippen LogP contribution >= 0.6 is 11.3 Å². The number of hydrogen-bond acceptors (Lipinski definition) is 3. The SMILES string of the molecule is C=CCN1CC[C@]2(CN(Cc3ccsc3)C[C@H]2C)C1=O. The van der Waals surface area contributed by atoms with Crippen LogP contribution in [0.1, 0.15) is 18.9 Å². The van der Waals surface area contributed by atoms with Crippen LogP contribution in [0.15, 0.2) is 29.5 Å². The lowest BCUT2D eigenvalue weighted by Crippen LogP contribution is -2.39. The third-order valence-electron chi connectivity index (χ3n) is 4.86. The first-order valence-corrected chi connectivity index (χ1v) is 8.24. The number of carbonyl (C=O) groups excluding carboxylic acids is 1. The molecule has 20 heavy (non-hydrogen) atoms. The zero-order chi connectivity index (χ0) is 14.2. The molecule has 108 valence electrons. The predicted molar refractivity (Wildman–Crippen MR) is 82.6 cm³/mol. The molecule has 2 fully saturated rings. The topological polar surface area (TPSA) is 23.6 Å². The van der Waals surface area contributed by atoms with Gasteiger partial charge in [-0.1, -0.05) is 13.0 Å². The Hall–Kier alpha value is -1.13. The number of nitrogens with zero attached hydrogens (tertiary/aromatic N) is 2. The zero-order valence-electron chi connectivity index (χ0n) is 12.0. The van der Waals surface area contributed by atoms with E-state index in [1.54, 1.807) is 11.3 Å². The minimum atomic E-state index is -0.140. The molecule has 3 nitrogen and oxygen atoms in total. The summed E-state index contributed by atoms with van der Waals surface area (Å²) in [6.07, 6.45) is 2.83. The van der Waals surface area contributed by atoms with E-state index in [0.717, 1.165) is 32.6 Å². The van der Waals surface area contributed by atoms with Gasteiger partial charge in [-0.15, -0.1) is 6.58 Å². The Morgan fingerprint density at radius 2 is 2.45 bits per heavy atom. The third-order valence-corrected chi connectivity index (χ3v) is 5.59. The zero-order valence-corrected chi connectivity index (χ0v) is 12.9. The van der Waals surface area contributed by atoms with Gasteiger partial charge in [0.05, 0.1) is 5.41 Å². The molecule has 2 saturated heterocycles. The van der Waals surface area contributed by atoms with Crippen molar-refractivity contribution in [1.82, 2.24) is 9.80 Å². The highest BCUT2D eigenvalue weighted by Crippen LogP contribution is 2.45. The molecule has 0 N–H and O–H groups in total. The summed E-state index contributed by atoms with van der Waals surface area (Å²) in [6.45, 7) is 10.5. The fourth-order valence-corrected chi connectivity index (χ4v) is 4.39. The number of hydrogen-bond donors (Lipinski definition) is 0. The van der Waals surface area contributed by atoms with Crippen LogP contribution < -0.4 is 0 Å². The minimum absolute atomic E-state index is 0.140. The van der Waals surface area contributed by atoms with Crippen molar-refractivity contribution in [2.75, 3.05) is 26.2 Å². The van der Waals surface area contributed by atoms with Crippen LogP contribution in [-0.4, -0.2) is 41.9 Å². The van der Waals surface area contributed by atoms with Gasteiger partial charge in [-0.2, -0.15) is 11.3 Å². The van der Waals surface area contributed by atoms with Crippen LogP contribution in [0.5, 0.6) is 0 Å². The largest absolute Gasteiger partial charge is 0.338 e. The van der Waals surface area contributed by atoms with Gasteiger partial charge < -0.3 is 4.90 Å². The van der Waals surface area contributed by atoms with E-state index < -0.39 is 0 Å². The molecule has 3 rings (SSSR count). The average molecular weight is 290 g/mol.